The summed E-state index contributed by atoms with van der Waals surface area (Å²) in [4.78, 5) is 2.50. The van der Waals surface area contributed by atoms with Gasteiger partial charge in [0.05, 0.1) is 12.2 Å². The quantitative estimate of drug-likeness (QED) is 0.753. The second kappa shape index (κ2) is 6.58. The van der Waals surface area contributed by atoms with Gasteiger partial charge in [0.2, 0.25) is 0 Å². The lowest BCUT2D eigenvalue weighted by atomic mass is 9.71. The number of hydrogen-bond acceptors (Lipinski definition) is 2. The van der Waals surface area contributed by atoms with Crippen molar-refractivity contribution < 1.29 is 4.74 Å². The lowest BCUT2D eigenvalue weighted by Crippen LogP contribution is -2.39. The number of ether oxygens (including phenoxy) is 1. The number of hydrogen-bond donors (Lipinski definition) is 0. The van der Waals surface area contributed by atoms with Crippen molar-refractivity contribution in [1.29, 1.82) is 0 Å². The Hall–Kier alpha value is -0.0800. The SMILES string of the molecule is CN(CCOC(C)(C)C)C1CCC(C(C)(C)C)CC1. The molecule has 0 unspecified atom stereocenters. The highest BCUT2D eigenvalue weighted by molar-refractivity contribution is 4.83. The standard InChI is InChI=1S/C17H35NO/c1-16(2,3)14-8-10-15(11-9-14)18(7)12-13-19-17(4,5)6/h14-15H,8-13H2,1-7H3. The van der Waals surface area contributed by atoms with Gasteiger partial charge in [0.1, 0.15) is 0 Å². The summed E-state index contributed by atoms with van der Waals surface area (Å²) in [5.41, 5.74) is 0.476. The van der Waals surface area contributed by atoms with Gasteiger partial charge in [0.15, 0.2) is 0 Å². The normalized spacial score (nSPS) is 25.9. The topological polar surface area (TPSA) is 12.5 Å². The zero-order valence-electron chi connectivity index (χ0n) is 14.3. The molecule has 0 aliphatic heterocycles. The molecule has 0 radical (unpaired) electrons. The smallest absolute Gasteiger partial charge is 0.0600 e. The van der Waals surface area contributed by atoms with Gasteiger partial charge >= 0.3 is 0 Å². The summed E-state index contributed by atoms with van der Waals surface area (Å²) in [6.07, 6.45) is 5.49. The van der Waals surface area contributed by atoms with Crippen molar-refractivity contribution in [3.05, 3.63) is 0 Å². The molecule has 0 bridgehead atoms. The molecular weight excluding hydrogens is 234 g/mol. The fourth-order valence-corrected chi connectivity index (χ4v) is 3.06. The van der Waals surface area contributed by atoms with Crippen molar-refractivity contribution in [2.75, 3.05) is 20.2 Å². The van der Waals surface area contributed by atoms with E-state index in [2.05, 4.69) is 53.5 Å². The van der Waals surface area contributed by atoms with Crippen molar-refractivity contribution >= 4 is 0 Å². The molecule has 1 fully saturated rings. The van der Waals surface area contributed by atoms with Crippen molar-refractivity contribution in [2.24, 2.45) is 11.3 Å². The Morgan fingerprint density at radius 3 is 1.89 bits per heavy atom. The monoisotopic (exact) mass is 269 g/mol. The fourth-order valence-electron chi connectivity index (χ4n) is 3.06. The predicted octanol–water partition coefficient (Wildman–Crippen LogP) is 4.34. The van der Waals surface area contributed by atoms with Crippen LogP contribution >= 0.6 is 0 Å². The van der Waals surface area contributed by atoms with E-state index in [-0.39, 0.29) is 5.60 Å². The van der Waals surface area contributed by atoms with Gasteiger partial charge in [-0.1, -0.05) is 20.8 Å². The largest absolute Gasteiger partial charge is 0.375 e. The molecule has 2 heteroatoms. The minimum absolute atomic E-state index is 0.00919. The Labute approximate surface area is 120 Å². The molecule has 1 rings (SSSR count). The minimum atomic E-state index is -0.00919. The second-order valence-corrected chi connectivity index (χ2v) is 8.31. The number of likely N-dealkylation sites (N-methyl/N-ethyl adjacent to an activating group) is 1. The molecule has 0 aromatic carbocycles. The molecule has 0 spiro atoms. The van der Waals surface area contributed by atoms with Crippen LogP contribution < -0.4 is 0 Å². The van der Waals surface area contributed by atoms with Crippen LogP contribution in [0.2, 0.25) is 0 Å². The maximum absolute atomic E-state index is 5.82. The van der Waals surface area contributed by atoms with Gasteiger partial charge in [-0.05, 0) is 64.8 Å². The van der Waals surface area contributed by atoms with Gasteiger partial charge in [0, 0.05) is 12.6 Å². The first-order valence-electron chi connectivity index (χ1n) is 7.94. The summed E-state index contributed by atoms with van der Waals surface area (Å²) in [6, 6.07) is 0.766. The molecule has 1 aliphatic rings. The maximum atomic E-state index is 5.82. The molecule has 0 saturated heterocycles. The fraction of sp³-hybridized carbons (Fsp3) is 1.00. The van der Waals surface area contributed by atoms with E-state index >= 15 is 0 Å². The highest BCUT2D eigenvalue weighted by atomic mass is 16.5. The molecule has 0 heterocycles. The van der Waals surface area contributed by atoms with Crippen LogP contribution in [-0.2, 0) is 4.74 Å². The highest BCUT2D eigenvalue weighted by Gasteiger charge is 2.30. The van der Waals surface area contributed by atoms with E-state index in [1.165, 1.54) is 25.7 Å². The van der Waals surface area contributed by atoms with E-state index in [4.69, 9.17) is 4.74 Å². The first kappa shape index (κ1) is 17.0. The molecule has 0 aromatic rings. The van der Waals surface area contributed by atoms with Gasteiger partial charge in [-0.25, -0.2) is 0 Å². The zero-order chi connectivity index (χ0) is 14.7. The van der Waals surface area contributed by atoms with Gasteiger partial charge in [-0.2, -0.15) is 0 Å². The number of nitrogens with zero attached hydrogens (tertiary/aromatic N) is 1. The van der Waals surface area contributed by atoms with Crippen LogP contribution in [0.25, 0.3) is 0 Å². The summed E-state index contributed by atoms with van der Waals surface area (Å²) < 4.78 is 5.82. The summed E-state index contributed by atoms with van der Waals surface area (Å²) in [5.74, 6) is 0.906. The Kier molecular flexibility index (Phi) is 5.88. The lowest BCUT2D eigenvalue weighted by Gasteiger charge is -2.40. The Bertz CT molecular complexity index is 253. The Morgan fingerprint density at radius 2 is 1.47 bits per heavy atom. The molecule has 19 heavy (non-hydrogen) atoms. The maximum Gasteiger partial charge on any atom is 0.0600 e. The predicted molar refractivity (Wildman–Crippen MR) is 83.5 cm³/mol. The molecule has 1 saturated carbocycles. The molecular formula is C17H35NO. The van der Waals surface area contributed by atoms with E-state index in [0.29, 0.717) is 5.41 Å². The average Bonchev–Trinajstić information content (AvgIpc) is 2.26. The van der Waals surface area contributed by atoms with Crippen LogP contribution in [0, 0.1) is 11.3 Å². The molecule has 114 valence electrons. The zero-order valence-corrected chi connectivity index (χ0v) is 14.3. The molecule has 0 N–H and O–H groups in total. The number of rotatable bonds is 4. The Balaban J connectivity index is 2.27. The first-order valence-corrected chi connectivity index (χ1v) is 7.94. The van der Waals surface area contributed by atoms with E-state index in [0.717, 1.165) is 25.1 Å². The van der Waals surface area contributed by atoms with Crippen molar-refractivity contribution in [3.8, 4) is 0 Å². The molecule has 2 nitrogen and oxygen atoms in total. The van der Waals surface area contributed by atoms with Gasteiger partial charge in [-0.15, -0.1) is 0 Å². The van der Waals surface area contributed by atoms with Crippen LogP contribution in [0.3, 0.4) is 0 Å². The van der Waals surface area contributed by atoms with Crippen LogP contribution in [0.15, 0.2) is 0 Å². The summed E-state index contributed by atoms with van der Waals surface area (Å²) >= 11 is 0. The van der Waals surface area contributed by atoms with Gasteiger partial charge < -0.3 is 9.64 Å². The van der Waals surface area contributed by atoms with E-state index in [1.807, 2.05) is 0 Å². The molecule has 1 aliphatic carbocycles. The third-order valence-corrected chi connectivity index (χ3v) is 4.52. The second-order valence-electron chi connectivity index (χ2n) is 8.31. The summed E-state index contributed by atoms with van der Waals surface area (Å²) in [6.45, 7) is 15.4. The third-order valence-electron chi connectivity index (χ3n) is 4.52. The minimum Gasteiger partial charge on any atom is -0.375 e. The van der Waals surface area contributed by atoms with E-state index < -0.39 is 0 Å². The van der Waals surface area contributed by atoms with Crippen LogP contribution in [0.4, 0.5) is 0 Å². The third kappa shape index (κ3) is 6.27. The Morgan fingerprint density at radius 1 is 0.947 bits per heavy atom. The van der Waals surface area contributed by atoms with Crippen LogP contribution in [0.5, 0.6) is 0 Å². The molecule has 0 amide bonds. The van der Waals surface area contributed by atoms with Crippen LogP contribution in [0.1, 0.15) is 67.2 Å². The van der Waals surface area contributed by atoms with E-state index in [9.17, 15) is 0 Å². The van der Waals surface area contributed by atoms with Gasteiger partial charge in [-0.3, -0.25) is 0 Å². The van der Waals surface area contributed by atoms with Gasteiger partial charge in [0.25, 0.3) is 0 Å². The lowest BCUT2D eigenvalue weighted by molar-refractivity contribution is -0.0178. The van der Waals surface area contributed by atoms with Crippen molar-refractivity contribution in [3.63, 3.8) is 0 Å². The van der Waals surface area contributed by atoms with Crippen molar-refractivity contribution in [1.82, 2.24) is 4.90 Å². The summed E-state index contributed by atoms with van der Waals surface area (Å²) in [5, 5.41) is 0. The van der Waals surface area contributed by atoms with E-state index in [1.54, 1.807) is 0 Å². The van der Waals surface area contributed by atoms with Crippen molar-refractivity contribution in [2.45, 2.75) is 78.9 Å². The average molecular weight is 269 g/mol. The van der Waals surface area contributed by atoms with Crippen LogP contribution in [-0.4, -0.2) is 36.7 Å². The summed E-state index contributed by atoms with van der Waals surface area (Å²) in [7, 11) is 2.26. The molecule has 0 atom stereocenters. The molecule has 0 aromatic heterocycles. The first-order chi connectivity index (χ1) is 8.59. The highest BCUT2D eigenvalue weighted by Crippen LogP contribution is 2.38.